The third-order valence-corrected chi connectivity index (χ3v) is 10.5. The van der Waals surface area contributed by atoms with E-state index in [1.165, 1.54) is 11.2 Å². The van der Waals surface area contributed by atoms with E-state index in [2.05, 4.69) is 20.9 Å². The number of likely N-dealkylation sites (tertiary alicyclic amines) is 1. The number of carbonyl (C=O) groups is 7. The van der Waals surface area contributed by atoms with Crippen molar-refractivity contribution in [1.29, 1.82) is 0 Å². The van der Waals surface area contributed by atoms with Crippen LogP contribution in [0, 0.1) is 5.92 Å². The second-order valence-electron chi connectivity index (χ2n) is 17.1. The molecule has 0 aliphatic carbocycles. The molecule has 4 amide bonds. The molecule has 3 aromatic rings. The molecule has 2 aromatic carbocycles. The van der Waals surface area contributed by atoms with Crippen molar-refractivity contribution in [3.05, 3.63) is 101 Å². The number of nitrogens with zero attached hydrogens (tertiary/aromatic N) is 2. The Bertz CT molecular complexity index is 2230. The van der Waals surface area contributed by atoms with Gasteiger partial charge in [-0.25, -0.2) is 14.6 Å². The lowest BCUT2D eigenvalue weighted by Gasteiger charge is -2.31. The van der Waals surface area contributed by atoms with Crippen LogP contribution in [0.4, 0.5) is 4.79 Å². The predicted octanol–water partition coefficient (Wildman–Crippen LogP) is 6.11. The third kappa shape index (κ3) is 16.0. The van der Waals surface area contributed by atoms with Gasteiger partial charge in [-0.15, -0.1) is 0 Å². The molecule has 356 valence electrons. The minimum Gasteiger partial charge on any atom is -0.489 e. The molecular formula is C49H63N5O12. The van der Waals surface area contributed by atoms with Crippen LogP contribution >= 0.6 is 0 Å². The summed E-state index contributed by atoms with van der Waals surface area (Å²) in [4.78, 5) is 98.5. The number of ether oxygens (including phenoxy) is 4. The highest BCUT2D eigenvalue weighted by Gasteiger charge is 2.41. The summed E-state index contributed by atoms with van der Waals surface area (Å²) in [5, 5.41) is 7.99. The molecule has 2 heterocycles. The van der Waals surface area contributed by atoms with E-state index in [1.54, 1.807) is 72.8 Å². The van der Waals surface area contributed by atoms with E-state index in [4.69, 9.17) is 23.4 Å². The molecule has 66 heavy (non-hydrogen) atoms. The fraction of sp³-hybridized carbons (Fsp3) is 0.469. The van der Waals surface area contributed by atoms with Gasteiger partial charge in [0, 0.05) is 25.5 Å². The maximum absolute atomic E-state index is 14.2. The molecular weight excluding hydrogens is 851 g/mol. The van der Waals surface area contributed by atoms with Crippen molar-refractivity contribution in [2.45, 2.75) is 124 Å². The van der Waals surface area contributed by atoms with E-state index in [0.717, 1.165) is 18.1 Å². The van der Waals surface area contributed by atoms with E-state index < -0.39 is 83.8 Å². The van der Waals surface area contributed by atoms with Gasteiger partial charge in [0.15, 0.2) is 0 Å². The second kappa shape index (κ2) is 24.5. The second-order valence-corrected chi connectivity index (χ2v) is 17.1. The molecule has 0 saturated carbocycles. The minimum atomic E-state index is -1.37. The minimum absolute atomic E-state index is 0.0956. The largest absolute Gasteiger partial charge is 0.489 e. The normalized spacial score (nSPS) is 16.0. The molecule has 1 fully saturated rings. The van der Waals surface area contributed by atoms with Crippen LogP contribution in [0.2, 0.25) is 0 Å². The zero-order valence-electron chi connectivity index (χ0n) is 39.3. The highest BCUT2D eigenvalue weighted by molar-refractivity contribution is 6.38. The number of carbonyl (C=O) groups excluding carboxylic acids is 7. The topological polar surface area (TPSA) is 222 Å². The van der Waals surface area contributed by atoms with Crippen LogP contribution in [0.5, 0.6) is 5.75 Å². The first-order chi connectivity index (χ1) is 31.3. The van der Waals surface area contributed by atoms with Crippen LogP contribution in [-0.2, 0) is 56.0 Å². The van der Waals surface area contributed by atoms with Gasteiger partial charge in [-0.05, 0) is 101 Å². The van der Waals surface area contributed by atoms with E-state index in [9.17, 15) is 33.6 Å². The first-order valence-corrected chi connectivity index (χ1v) is 22.1. The van der Waals surface area contributed by atoms with Crippen LogP contribution in [-0.4, -0.2) is 94.9 Å². The van der Waals surface area contributed by atoms with Crippen molar-refractivity contribution in [2.24, 2.45) is 5.92 Å². The van der Waals surface area contributed by atoms with Crippen molar-refractivity contribution >= 4 is 47.6 Å². The lowest BCUT2D eigenvalue weighted by Crippen LogP contribution is -2.58. The highest BCUT2D eigenvalue weighted by Crippen LogP contribution is 2.24. The number of hydrogen-bond acceptors (Lipinski definition) is 13. The molecule has 3 N–H and O–H groups in total. The van der Waals surface area contributed by atoms with Gasteiger partial charge in [0.05, 0.1) is 12.6 Å². The molecule has 1 aliphatic rings. The third-order valence-electron chi connectivity index (χ3n) is 10.5. The van der Waals surface area contributed by atoms with Gasteiger partial charge >= 0.3 is 18.0 Å². The quantitative estimate of drug-likeness (QED) is 0.0361. The smallest absolute Gasteiger partial charge is 0.408 e. The zero-order valence-corrected chi connectivity index (χ0v) is 39.3. The maximum atomic E-state index is 14.2. The average molecular weight is 914 g/mol. The summed E-state index contributed by atoms with van der Waals surface area (Å²) in [5.74, 6) is -4.23. The molecule has 0 spiro atoms. The molecule has 1 aliphatic heterocycles. The van der Waals surface area contributed by atoms with Gasteiger partial charge in [-0.1, -0.05) is 62.7 Å². The molecule has 0 unspecified atom stereocenters. The number of amides is 4. The number of benzene rings is 2. The first kappa shape index (κ1) is 51.9. The zero-order chi connectivity index (χ0) is 48.6. The Balaban J connectivity index is 1.56. The Morgan fingerprint density at radius 3 is 2.24 bits per heavy atom. The number of ketones is 1. The van der Waals surface area contributed by atoms with Gasteiger partial charge in [0.25, 0.3) is 5.91 Å². The summed E-state index contributed by atoms with van der Waals surface area (Å²) in [6.45, 7) is 15.0. The first-order valence-electron chi connectivity index (χ1n) is 22.1. The van der Waals surface area contributed by atoms with Gasteiger partial charge in [-0.2, -0.15) is 0 Å². The van der Waals surface area contributed by atoms with E-state index in [1.807, 2.05) is 49.4 Å². The molecule has 17 heteroatoms. The number of oxazole rings is 1. The van der Waals surface area contributed by atoms with Gasteiger partial charge in [0.1, 0.15) is 54.6 Å². The molecule has 0 radical (unpaired) electrons. The fourth-order valence-corrected chi connectivity index (χ4v) is 7.00. The lowest BCUT2D eigenvalue weighted by atomic mass is 9.94. The van der Waals surface area contributed by atoms with Crippen LogP contribution in [0.25, 0.3) is 6.08 Å². The predicted molar refractivity (Wildman–Crippen MR) is 243 cm³/mol. The summed E-state index contributed by atoms with van der Waals surface area (Å²) >= 11 is 0. The van der Waals surface area contributed by atoms with Gasteiger partial charge in [-0.3, -0.25) is 24.0 Å². The summed E-state index contributed by atoms with van der Waals surface area (Å²) < 4.78 is 27.3. The van der Waals surface area contributed by atoms with E-state index >= 15 is 0 Å². The fourth-order valence-electron chi connectivity index (χ4n) is 7.00. The Labute approximate surface area is 386 Å². The van der Waals surface area contributed by atoms with Crippen molar-refractivity contribution in [3.8, 4) is 5.75 Å². The molecule has 0 bridgehead atoms. The molecule has 1 saturated heterocycles. The summed E-state index contributed by atoms with van der Waals surface area (Å²) in [5.41, 5.74) is 2.33. The number of esters is 2. The van der Waals surface area contributed by atoms with Crippen molar-refractivity contribution in [3.63, 3.8) is 0 Å². The van der Waals surface area contributed by atoms with Crippen molar-refractivity contribution in [1.82, 2.24) is 25.8 Å². The SMILES string of the molecule is CCOC(=O)/C(C)=C/C(C)=C/c1coc([C@H](Cc2ccc(OCc3ccccc3)cc2)NC(=O)C(=O)[C@@H](NC(=O)[C@@H]2CCCN2C(=O)[C@H](COC(C)=O)NC(=O)OC(C)(C)C)[C@@H](C)CC)n1. The molecule has 17 nitrogen and oxygen atoms in total. The lowest BCUT2D eigenvalue weighted by molar-refractivity contribution is -0.147. The van der Waals surface area contributed by atoms with Crippen LogP contribution in [0.1, 0.15) is 110 Å². The van der Waals surface area contributed by atoms with Gasteiger partial charge < -0.3 is 44.2 Å². The Morgan fingerprint density at radius 2 is 1.61 bits per heavy atom. The van der Waals surface area contributed by atoms with Gasteiger partial charge in [0.2, 0.25) is 23.5 Å². The maximum Gasteiger partial charge on any atom is 0.408 e. The summed E-state index contributed by atoms with van der Waals surface area (Å²) in [6.07, 6.45) is 5.02. The number of allylic oxidation sites excluding steroid dienone is 2. The highest BCUT2D eigenvalue weighted by atomic mass is 16.6. The number of aromatic nitrogens is 1. The standard InChI is InChI=1S/C49H63N5O12/c1-10-31(4)41(53-43(57)40-18-15-23-54(40)46(59)39(29-63-33(6)55)52-48(61)66-49(7,8)9)42(56)44(58)51-38(26-34-19-21-37(22-20-34)64-27-35-16-13-12-14-17-35)45-50-36(28-65-45)25-30(3)24-32(5)47(60)62-11-2/h12-14,16-17,19-22,24-25,28,31,38-41H,10-11,15,18,23,26-27,29H2,1-9H3,(H,51,58)(H,52,61)(H,53,57)/b30-25+,32-24+/t31-,38-,39-,40-,41-/m0/s1. The molecule has 4 rings (SSSR count). The van der Waals surface area contributed by atoms with E-state index in [0.29, 0.717) is 42.0 Å². The molecule has 1 aromatic heterocycles. The number of alkyl carbamates (subject to hydrolysis) is 1. The van der Waals surface area contributed by atoms with Crippen molar-refractivity contribution in [2.75, 3.05) is 19.8 Å². The Kier molecular flexibility index (Phi) is 19.2. The van der Waals surface area contributed by atoms with E-state index in [-0.39, 0.29) is 31.9 Å². The average Bonchev–Trinajstić information content (AvgIpc) is 3.96. The number of hydrogen-bond donors (Lipinski definition) is 3. The van der Waals surface area contributed by atoms with Crippen LogP contribution < -0.4 is 20.7 Å². The monoisotopic (exact) mass is 913 g/mol. The van der Waals surface area contributed by atoms with Crippen LogP contribution in [0.15, 0.2) is 82.5 Å². The summed E-state index contributed by atoms with van der Waals surface area (Å²) in [7, 11) is 0. The van der Waals surface area contributed by atoms with Crippen molar-refractivity contribution < 1.29 is 56.9 Å². The number of nitrogens with one attached hydrogen (secondary N) is 3. The Morgan fingerprint density at radius 1 is 0.909 bits per heavy atom. The Hall–Kier alpha value is -6.78. The number of Topliss-reactive ketones (excluding diaryl/α,β-unsaturated/α-hetero) is 1. The summed E-state index contributed by atoms with van der Waals surface area (Å²) in [6, 6.07) is 12.3. The van der Waals surface area contributed by atoms with Crippen LogP contribution in [0.3, 0.4) is 0 Å². The number of rotatable bonds is 21. The molecule has 5 atom stereocenters.